The molecule has 1 aliphatic carbocycles. The van der Waals surface area contributed by atoms with E-state index >= 15 is 0 Å². The molecule has 1 fully saturated rings. The lowest BCUT2D eigenvalue weighted by atomic mass is 10.1. The van der Waals surface area contributed by atoms with E-state index in [-0.39, 0.29) is 11.4 Å². The number of aryl methyl sites for hydroxylation is 1. The van der Waals surface area contributed by atoms with E-state index in [2.05, 4.69) is 27.5 Å². The molecule has 6 nitrogen and oxygen atoms in total. The number of aromatic nitrogens is 2. The molecular weight excluding hydrogens is 323 g/mol. The fraction of sp³-hybridized carbons (Fsp3) is 0.278. The molecule has 1 amide bonds. The van der Waals surface area contributed by atoms with Gasteiger partial charge >= 0.3 is 0 Å². The number of furan rings is 1. The van der Waals surface area contributed by atoms with E-state index in [4.69, 9.17) is 4.42 Å². The van der Waals surface area contributed by atoms with Crippen LogP contribution in [-0.4, -0.2) is 21.4 Å². The van der Waals surface area contributed by atoms with Gasteiger partial charge in [-0.3, -0.25) is 4.79 Å². The largest absolute Gasteiger partial charge is 0.442 e. The molecule has 0 saturated heterocycles. The lowest BCUT2D eigenvalue weighted by molar-refractivity contribution is 0.102. The standard InChI is InChI=1S/C18H17FN4O2/c1-10-13(16(24)22-12-5-3-4-11(19)8-12)14-15(23-18(2)6-7-18)20-9-21-17(14)25-10/h3-5,8-9H,6-7H2,1-2H3,(H,22,24)(H,20,21,23). The molecule has 2 N–H and O–H groups in total. The number of amides is 1. The van der Waals surface area contributed by atoms with Crippen molar-refractivity contribution in [1.82, 2.24) is 9.97 Å². The maximum absolute atomic E-state index is 13.3. The topological polar surface area (TPSA) is 80.1 Å². The molecule has 0 aliphatic heterocycles. The third-order valence-electron chi connectivity index (χ3n) is 4.39. The fourth-order valence-corrected chi connectivity index (χ4v) is 2.77. The van der Waals surface area contributed by atoms with Crippen molar-refractivity contribution in [2.24, 2.45) is 0 Å². The molecule has 0 atom stereocenters. The van der Waals surface area contributed by atoms with E-state index in [1.54, 1.807) is 13.0 Å². The van der Waals surface area contributed by atoms with E-state index in [1.807, 2.05) is 0 Å². The molecule has 0 unspecified atom stereocenters. The Bertz CT molecular complexity index is 978. The summed E-state index contributed by atoms with van der Waals surface area (Å²) in [4.78, 5) is 21.2. The van der Waals surface area contributed by atoms with Crippen LogP contribution < -0.4 is 10.6 Å². The molecule has 2 aromatic heterocycles. The minimum Gasteiger partial charge on any atom is -0.442 e. The van der Waals surface area contributed by atoms with E-state index in [1.165, 1.54) is 24.5 Å². The minimum absolute atomic E-state index is 0.0111. The zero-order chi connectivity index (χ0) is 17.6. The molecule has 7 heteroatoms. The molecule has 0 radical (unpaired) electrons. The second-order valence-corrected chi connectivity index (χ2v) is 6.59. The Labute approximate surface area is 143 Å². The first-order chi connectivity index (χ1) is 12.0. The zero-order valence-electron chi connectivity index (χ0n) is 13.9. The van der Waals surface area contributed by atoms with Crippen molar-refractivity contribution in [3.05, 3.63) is 47.7 Å². The third-order valence-corrected chi connectivity index (χ3v) is 4.39. The summed E-state index contributed by atoms with van der Waals surface area (Å²) in [7, 11) is 0. The van der Waals surface area contributed by atoms with Crippen LogP contribution in [0, 0.1) is 12.7 Å². The van der Waals surface area contributed by atoms with Crippen LogP contribution in [0.3, 0.4) is 0 Å². The van der Waals surface area contributed by atoms with Crippen LogP contribution in [0.5, 0.6) is 0 Å². The van der Waals surface area contributed by atoms with Crippen molar-refractivity contribution in [2.75, 3.05) is 10.6 Å². The Hall–Kier alpha value is -2.96. The van der Waals surface area contributed by atoms with Gasteiger partial charge in [-0.25, -0.2) is 14.4 Å². The van der Waals surface area contributed by atoms with E-state index in [0.29, 0.717) is 33.9 Å². The first-order valence-corrected chi connectivity index (χ1v) is 8.04. The number of nitrogens with zero attached hydrogens (tertiary/aromatic N) is 2. The highest BCUT2D eigenvalue weighted by molar-refractivity contribution is 6.15. The highest BCUT2D eigenvalue weighted by atomic mass is 19.1. The van der Waals surface area contributed by atoms with Crippen LogP contribution in [0.15, 0.2) is 35.0 Å². The number of benzene rings is 1. The molecule has 128 valence electrons. The molecule has 1 aromatic carbocycles. The van der Waals surface area contributed by atoms with Gasteiger partial charge in [-0.15, -0.1) is 0 Å². The van der Waals surface area contributed by atoms with Crippen LogP contribution in [0.25, 0.3) is 11.1 Å². The minimum atomic E-state index is -0.418. The van der Waals surface area contributed by atoms with Crippen molar-refractivity contribution >= 4 is 28.5 Å². The maximum atomic E-state index is 13.3. The van der Waals surface area contributed by atoms with Gasteiger partial charge in [-0.05, 0) is 44.9 Å². The molecule has 0 bridgehead atoms. The molecular formula is C18H17FN4O2. The van der Waals surface area contributed by atoms with Crippen LogP contribution in [0.2, 0.25) is 0 Å². The molecule has 1 saturated carbocycles. The average molecular weight is 340 g/mol. The molecule has 1 aliphatic rings. The van der Waals surface area contributed by atoms with Crippen LogP contribution in [0.4, 0.5) is 15.9 Å². The quantitative estimate of drug-likeness (QED) is 0.753. The Morgan fingerprint density at radius 2 is 2.12 bits per heavy atom. The van der Waals surface area contributed by atoms with Crippen molar-refractivity contribution in [2.45, 2.75) is 32.2 Å². The van der Waals surface area contributed by atoms with Crippen molar-refractivity contribution in [1.29, 1.82) is 0 Å². The van der Waals surface area contributed by atoms with Gasteiger partial charge in [0.2, 0.25) is 5.71 Å². The number of hydrogen-bond donors (Lipinski definition) is 2. The van der Waals surface area contributed by atoms with E-state index in [0.717, 1.165) is 12.8 Å². The van der Waals surface area contributed by atoms with Crippen molar-refractivity contribution < 1.29 is 13.6 Å². The maximum Gasteiger partial charge on any atom is 0.260 e. The van der Waals surface area contributed by atoms with Gasteiger partial charge in [0, 0.05) is 11.2 Å². The SMILES string of the molecule is Cc1oc2ncnc(NC3(C)CC3)c2c1C(=O)Nc1cccc(F)c1. The predicted octanol–water partition coefficient (Wildman–Crippen LogP) is 3.89. The Balaban J connectivity index is 1.75. The molecule has 3 aromatic rings. The van der Waals surface area contributed by atoms with E-state index in [9.17, 15) is 9.18 Å². The highest BCUT2D eigenvalue weighted by Crippen LogP contribution is 2.40. The molecule has 0 spiro atoms. The summed E-state index contributed by atoms with van der Waals surface area (Å²) in [5, 5.41) is 6.61. The monoisotopic (exact) mass is 340 g/mol. The zero-order valence-corrected chi connectivity index (χ0v) is 13.9. The van der Waals surface area contributed by atoms with Crippen molar-refractivity contribution in [3.63, 3.8) is 0 Å². The Kier molecular flexibility index (Phi) is 3.45. The number of carbonyl (C=O) groups is 1. The molecule has 25 heavy (non-hydrogen) atoms. The summed E-state index contributed by atoms with van der Waals surface area (Å²) in [6, 6.07) is 5.74. The first kappa shape index (κ1) is 15.6. The molecule has 2 heterocycles. The lowest BCUT2D eigenvalue weighted by Gasteiger charge is -2.13. The number of halogens is 1. The lowest BCUT2D eigenvalue weighted by Crippen LogP contribution is -2.18. The van der Waals surface area contributed by atoms with Gasteiger partial charge in [0.25, 0.3) is 5.91 Å². The number of anilines is 2. The average Bonchev–Trinajstić information content (AvgIpc) is 3.16. The van der Waals surface area contributed by atoms with Crippen LogP contribution >= 0.6 is 0 Å². The normalized spacial score (nSPS) is 15.2. The summed E-state index contributed by atoms with van der Waals surface area (Å²) in [5.74, 6) is 0.208. The fourth-order valence-electron chi connectivity index (χ4n) is 2.77. The van der Waals surface area contributed by atoms with Gasteiger partial charge in [0.15, 0.2) is 0 Å². The second-order valence-electron chi connectivity index (χ2n) is 6.59. The van der Waals surface area contributed by atoms with Gasteiger partial charge in [-0.2, -0.15) is 0 Å². The van der Waals surface area contributed by atoms with Gasteiger partial charge in [0.1, 0.15) is 23.7 Å². The number of fused-ring (bicyclic) bond motifs is 1. The number of rotatable bonds is 4. The van der Waals surface area contributed by atoms with Crippen LogP contribution in [-0.2, 0) is 0 Å². The smallest absolute Gasteiger partial charge is 0.260 e. The van der Waals surface area contributed by atoms with E-state index < -0.39 is 5.82 Å². The van der Waals surface area contributed by atoms with Gasteiger partial charge < -0.3 is 15.1 Å². The summed E-state index contributed by atoms with van der Waals surface area (Å²) in [6.07, 6.45) is 3.49. The Morgan fingerprint density at radius 1 is 1.32 bits per heavy atom. The number of carbonyl (C=O) groups excluding carboxylic acids is 1. The third kappa shape index (κ3) is 2.93. The van der Waals surface area contributed by atoms with Crippen molar-refractivity contribution in [3.8, 4) is 0 Å². The number of nitrogens with one attached hydrogen (secondary N) is 2. The van der Waals surface area contributed by atoms with Gasteiger partial charge in [0.05, 0.1) is 10.9 Å². The summed E-state index contributed by atoms with van der Waals surface area (Å²) >= 11 is 0. The second kappa shape index (κ2) is 5.54. The van der Waals surface area contributed by atoms with Gasteiger partial charge in [-0.1, -0.05) is 6.07 Å². The molecule has 4 rings (SSSR count). The summed E-state index contributed by atoms with van der Waals surface area (Å²) in [5.41, 5.74) is 1.07. The summed E-state index contributed by atoms with van der Waals surface area (Å²) < 4.78 is 19.0. The highest BCUT2D eigenvalue weighted by Gasteiger charge is 2.38. The predicted molar refractivity (Wildman–Crippen MR) is 92.2 cm³/mol. The summed E-state index contributed by atoms with van der Waals surface area (Å²) in [6.45, 7) is 3.80. The number of hydrogen-bond acceptors (Lipinski definition) is 5. The Morgan fingerprint density at radius 3 is 2.84 bits per heavy atom. The first-order valence-electron chi connectivity index (χ1n) is 8.04. The van der Waals surface area contributed by atoms with Crippen LogP contribution in [0.1, 0.15) is 35.9 Å².